The van der Waals surface area contributed by atoms with Crippen molar-refractivity contribution in [2.24, 2.45) is 0 Å². The Hall–Kier alpha value is -4.27. The van der Waals surface area contributed by atoms with Gasteiger partial charge in [-0.05, 0) is 39.1 Å². The predicted molar refractivity (Wildman–Crippen MR) is 172 cm³/mol. The van der Waals surface area contributed by atoms with E-state index in [0.29, 0.717) is 44.8 Å². The second kappa shape index (κ2) is 12.8. The van der Waals surface area contributed by atoms with Crippen LogP contribution in [0, 0.1) is 13.5 Å². The molecule has 1 aromatic carbocycles. The number of fused-ring (bicyclic) bond motifs is 2. The highest BCUT2D eigenvalue weighted by atomic mass is 16.5. The monoisotopic (exact) mass is 595 g/mol. The number of likely N-dealkylation sites (tertiary alicyclic amines) is 1. The lowest BCUT2D eigenvalue weighted by Crippen LogP contribution is -2.57. The number of nitrogens with zero attached hydrogens (tertiary/aromatic N) is 9. The van der Waals surface area contributed by atoms with E-state index in [1.807, 2.05) is 12.4 Å². The number of anilines is 2. The Morgan fingerprint density at radius 3 is 2.80 bits per heavy atom. The van der Waals surface area contributed by atoms with Gasteiger partial charge in [0, 0.05) is 74.4 Å². The Kier molecular flexibility index (Phi) is 8.64. The van der Waals surface area contributed by atoms with Crippen molar-refractivity contribution in [1.29, 1.82) is 0 Å². The minimum Gasteiger partial charge on any atom is -0.462 e. The molecule has 0 N–H and O–H groups in total. The van der Waals surface area contributed by atoms with Crippen LogP contribution < -0.4 is 14.5 Å². The van der Waals surface area contributed by atoms with Gasteiger partial charge in [0.25, 0.3) is 0 Å². The van der Waals surface area contributed by atoms with Gasteiger partial charge in [-0.2, -0.15) is 9.97 Å². The van der Waals surface area contributed by atoms with E-state index in [-0.39, 0.29) is 18.5 Å². The van der Waals surface area contributed by atoms with Gasteiger partial charge in [0.1, 0.15) is 18.5 Å². The summed E-state index contributed by atoms with van der Waals surface area (Å²) in [5.74, 6) is 0.718. The number of carbonyl (C=O) groups is 1. The molecule has 2 saturated heterocycles. The highest BCUT2D eigenvalue weighted by molar-refractivity contribution is 5.96. The molecule has 11 heteroatoms. The number of pyridine rings is 1. The minimum atomic E-state index is -0.235. The Balaban J connectivity index is 1.29. The molecule has 1 amide bonds. The van der Waals surface area contributed by atoms with Crippen molar-refractivity contribution in [3.8, 4) is 6.01 Å². The summed E-state index contributed by atoms with van der Waals surface area (Å²) in [6.07, 6.45) is 5.98. The lowest BCUT2D eigenvalue weighted by atomic mass is 10.0. The van der Waals surface area contributed by atoms with Crippen molar-refractivity contribution in [3.63, 3.8) is 0 Å². The van der Waals surface area contributed by atoms with Gasteiger partial charge < -0.3 is 29.2 Å². The molecule has 0 unspecified atom stereocenters. The van der Waals surface area contributed by atoms with Crippen LogP contribution in [0.2, 0.25) is 0 Å². The van der Waals surface area contributed by atoms with Crippen LogP contribution >= 0.6 is 0 Å². The summed E-state index contributed by atoms with van der Waals surface area (Å²) in [6.45, 7) is 20.0. The number of hydrogen-bond donors (Lipinski definition) is 0. The Morgan fingerprint density at radius 1 is 1.18 bits per heavy atom. The number of likely N-dealkylation sites (N-methyl/N-ethyl adjacent to an activating group) is 2. The maximum atomic E-state index is 12.6. The molecule has 2 fully saturated rings. The number of amides is 1. The molecule has 3 aliphatic heterocycles. The van der Waals surface area contributed by atoms with Crippen molar-refractivity contribution >= 4 is 28.2 Å². The molecule has 0 spiro atoms. The molecule has 0 radical (unpaired) electrons. The average molecular weight is 596 g/mol. The number of ether oxygens (including phenoxy) is 1. The van der Waals surface area contributed by atoms with Crippen LogP contribution in [0.15, 0.2) is 43.2 Å². The van der Waals surface area contributed by atoms with E-state index in [2.05, 4.69) is 75.2 Å². The van der Waals surface area contributed by atoms with E-state index in [4.69, 9.17) is 21.3 Å². The van der Waals surface area contributed by atoms with Crippen LogP contribution in [-0.4, -0.2) is 121 Å². The lowest BCUT2D eigenvalue weighted by Gasteiger charge is -2.42. The Morgan fingerprint density at radius 2 is 2.02 bits per heavy atom. The van der Waals surface area contributed by atoms with Gasteiger partial charge in [-0.15, -0.1) is 0 Å². The summed E-state index contributed by atoms with van der Waals surface area (Å²) in [5.41, 5.74) is 4.38. The van der Waals surface area contributed by atoms with Crippen LogP contribution in [-0.2, 0) is 17.8 Å². The molecule has 1 atom stereocenters. The smallest absolute Gasteiger partial charge is 0.318 e. The van der Waals surface area contributed by atoms with Crippen molar-refractivity contribution in [1.82, 2.24) is 29.7 Å². The molecular formula is C33H41N9O2. The van der Waals surface area contributed by atoms with Gasteiger partial charge in [0.15, 0.2) is 0 Å². The Labute approximate surface area is 259 Å². The maximum absolute atomic E-state index is 12.6. The zero-order valence-electron chi connectivity index (χ0n) is 25.9. The fraction of sp³-hybridized carbons (Fsp3) is 0.485. The molecule has 3 aromatic rings. The molecule has 3 aliphatic rings. The molecule has 6 rings (SSSR count). The molecular weight excluding hydrogens is 554 g/mol. The zero-order valence-corrected chi connectivity index (χ0v) is 25.9. The van der Waals surface area contributed by atoms with Crippen LogP contribution in [0.3, 0.4) is 0 Å². The molecule has 2 aromatic heterocycles. The van der Waals surface area contributed by atoms with Gasteiger partial charge in [0.2, 0.25) is 12.5 Å². The molecule has 11 nitrogen and oxygen atoms in total. The SMILES string of the molecule is [C-]#[N+]C[C@H]1CN(c2nc(OCCN(C)C3CN(C)C3)nc3c2CCN(c2cncc4cccc(C)c24)C3)CCN1C(=O)C=C. The summed E-state index contributed by atoms with van der Waals surface area (Å²) in [5, 5.41) is 2.34. The summed E-state index contributed by atoms with van der Waals surface area (Å²) >= 11 is 0. The van der Waals surface area contributed by atoms with Gasteiger partial charge >= 0.3 is 6.01 Å². The maximum Gasteiger partial charge on any atom is 0.318 e. The molecule has 44 heavy (non-hydrogen) atoms. The van der Waals surface area contributed by atoms with Crippen molar-refractivity contribution in [3.05, 3.63) is 71.5 Å². The number of aromatic nitrogens is 3. The molecule has 0 aliphatic carbocycles. The number of aryl methyl sites for hydroxylation is 1. The number of hydrogen-bond acceptors (Lipinski definition) is 9. The standard InChI is InChI=1S/C33H41N9O2/c1-6-30(43)42-13-12-41(21-25(42)17-34-3)32-27-10-11-40(29-18-35-16-24-9-7-8-23(2)31(24)29)22-28(27)36-33(37-32)44-15-14-39(5)26-19-38(4)20-26/h6-9,16,18,25-26H,1,10-15,17,19-22H2,2,4-5H3/t25-/m0/s1. The first-order chi connectivity index (χ1) is 21.4. The van der Waals surface area contributed by atoms with Crippen LogP contribution in [0.4, 0.5) is 11.5 Å². The summed E-state index contributed by atoms with van der Waals surface area (Å²) in [7, 11) is 4.28. The van der Waals surface area contributed by atoms with E-state index < -0.39 is 0 Å². The van der Waals surface area contributed by atoms with Gasteiger partial charge in [-0.3, -0.25) is 14.7 Å². The number of carbonyl (C=O) groups excluding carboxylic acids is 1. The highest BCUT2D eigenvalue weighted by Gasteiger charge is 2.35. The highest BCUT2D eigenvalue weighted by Crippen LogP contribution is 2.35. The number of rotatable bonds is 9. The summed E-state index contributed by atoms with van der Waals surface area (Å²) in [6, 6.07) is 7.01. The van der Waals surface area contributed by atoms with E-state index >= 15 is 0 Å². The van der Waals surface area contributed by atoms with Gasteiger partial charge in [-0.1, -0.05) is 24.8 Å². The second-order valence-electron chi connectivity index (χ2n) is 12.1. The van der Waals surface area contributed by atoms with Crippen molar-refractivity contribution in [2.75, 3.05) is 82.9 Å². The Bertz CT molecular complexity index is 1580. The third-order valence-corrected chi connectivity index (χ3v) is 9.22. The molecule has 0 bridgehead atoms. The summed E-state index contributed by atoms with van der Waals surface area (Å²) in [4.78, 5) is 41.7. The summed E-state index contributed by atoms with van der Waals surface area (Å²) < 4.78 is 6.24. The zero-order chi connectivity index (χ0) is 30.8. The van der Waals surface area contributed by atoms with Gasteiger partial charge in [0.05, 0.1) is 24.1 Å². The second-order valence-corrected chi connectivity index (χ2v) is 12.1. The van der Waals surface area contributed by atoms with E-state index in [9.17, 15) is 4.79 Å². The normalized spacial score (nSPS) is 19.1. The van der Waals surface area contributed by atoms with E-state index in [1.54, 1.807) is 4.90 Å². The first kappa shape index (κ1) is 29.8. The largest absolute Gasteiger partial charge is 0.462 e. The minimum absolute atomic E-state index is 0.136. The molecule has 0 saturated carbocycles. The van der Waals surface area contributed by atoms with E-state index in [0.717, 1.165) is 60.7 Å². The van der Waals surface area contributed by atoms with Crippen molar-refractivity contribution in [2.45, 2.75) is 32.0 Å². The third-order valence-electron chi connectivity index (χ3n) is 9.22. The molecule has 5 heterocycles. The fourth-order valence-corrected chi connectivity index (χ4v) is 6.69. The van der Waals surface area contributed by atoms with Crippen LogP contribution in [0.1, 0.15) is 16.8 Å². The third kappa shape index (κ3) is 5.92. The average Bonchev–Trinajstić information content (AvgIpc) is 3.02. The van der Waals surface area contributed by atoms with Crippen LogP contribution in [0.5, 0.6) is 6.01 Å². The predicted octanol–water partition coefficient (Wildman–Crippen LogP) is 2.64. The van der Waals surface area contributed by atoms with Gasteiger partial charge in [-0.25, -0.2) is 6.57 Å². The van der Waals surface area contributed by atoms with Crippen LogP contribution in [0.25, 0.3) is 15.6 Å². The first-order valence-electron chi connectivity index (χ1n) is 15.4. The van der Waals surface area contributed by atoms with Crippen molar-refractivity contribution < 1.29 is 9.53 Å². The number of piperazine rings is 1. The molecule has 230 valence electrons. The quantitative estimate of drug-likeness (QED) is 0.274. The van der Waals surface area contributed by atoms with E-state index in [1.165, 1.54) is 17.0 Å². The fourth-order valence-electron chi connectivity index (χ4n) is 6.69. The topological polar surface area (TPSA) is 85.5 Å². The number of benzene rings is 1. The lowest BCUT2D eigenvalue weighted by molar-refractivity contribution is -0.128. The first-order valence-corrected chi connectivity index (χ1v) is 15.4.